The first-order valence-electron chi connectivity index (χ1n) is 6.80. The van der Waals surface area contributed by atoms with Crippen LogP contribution >= 0.6 is 0 Å². The second-order valence-electron chi connectivity index (χ2n) is 4.59. The number of rotatable bonds is 7. The summed E-state index contributed by atoms with van der Waals surface area (Å²) in [6.45, 7) is 1.22. The Morgan fingerprint density at radius 1 is 0.900 bits per heavy atom. The number of aliphatic hydroxyl groups is 1. The first-order chi connectivity index (χ1) is 9.81. The van der Waals surface area contributed by atoms with Crippen molar-refractivity contribution in [1.82, 2.24) is 0 Å². The highest BCUT2D eigenvalue weighted by atomic mass is 16.3. The quantitative estimate of drug-likeness (QED) is 0.786. The Morgan fingerprint density at radius 3 is 2.10 bits per heavy atom. The first-order valence-corrected chi connectivity index (χ1v) is 6.80. The van der Waals surface area contributed by atoms with Crippen molar-refractivity contribution in [2.45, 2.75) is 6.42 Å². The molecule has 2 aromatic carbocycles. The van der Waals surface area contributed by atoms with E-state index in [0.717, 1.165) is 11.3 Å². The van der Waals surface area contributed by atoms with Gasteiger partial charge in [-0.3, -0.25) is 4.79 Å². The van der Waals surface area contributed by atoms with Gasteiger partial charge in [-0.15, -0.1) is 0 Å². The van der Waals surface area contributed by atoms with Crippen LogP contribution in [0.5, 0.6) is 0 Å². The molecular weight excluding hydrogens is 250 g/mol. The predicted molar refractivity (Wildman–Crippen MR) is 81.1 cm³/mol. The maximum atomic E-state index is 12.1. The van der Waals surface area contributed by atoms with Crippen molar-refractivity contribution in [3.05, 3.63) is 66.2 Å². The van der Waals surface area contributed by atoms with Gasteiger partial charge in [0, 0.05) is 30.8 Å². The molecule has 0 radical (unpaired) electrons. The summed E-state index contributed by atoms with van der Waals surface area (Å²) in [6.07, 6.45) is 0.443. The van der Waals surface area contributed by atoms with Crippen LogP contribution in [-0.4, -0.2) is 30.6 Å². The Kier molecular flexibility index (Phi) is 5.33. The minimum Gasteiger partial charge on any atom is -0.395 e. The molecule has 2 aromatic rings. The number of anilines is 1. The Bertz CT molecular complexity index is 525. The van der Waals surface area contributed by atoms with Crippen LogP contribution < -0.4 is 4.90 Å². The Morgan fingerprint density at radius 2 is 1.50 bits per heavy atom. The standard InChI is InChI=1S/C17H19NO2/c19-14-13-18(16-9-5-2-6-10-16)12-11-17(20)15-7-3-1-4-8-15/h1-10,19H,11-14H2. The van der Waals surface area contributed by atoms with E-state index < -0.39 is 0 Å². The molecule has 2 rings (SSSR count). The molecule has 104 valence electrons. The van der Waals surface area contributed by atoms with Gasteiger partial charge in [-0.2, -0.15) is 0 Å². The van der Waals surface area contributed by atoms with Crippen molar-refractivity contribution < 1.29 is 9.90 Å². The fourth-order valence-electron chi connectivity index (χ4n) is 2.13. The molecular formula is C17H19NO2. The largest absolute Gasteiger partial charge is 0.395 e. The summed E-state index contributed by atoms with van der Waals surface area (Å²) >= 11 is 0. The maximum absolute atomic E-state index is 12.1. The summed E-state index contributed by atoms with van der Waals surface area (Å²) in [6, 6.07) is 19.2. The summed E-state index contributed by atoms with van der Waals surface area (Å²) in [7, 11) is 0. The number of carbonyl (C=O) groups is 1. The van der Waals surface area contributed by atoms with Crippen LogP contribution in [0.3, 0.4) is 0 Å². The first kappa shape index (κ1) is 14.3. The number of benzene rings is 2. The number of nitrogens with zero attached hydrogens (tertiary/aromatic N) is 1. The zero-order valence-corrected chi connectivity index (χ0v) is 11.4. The van der Waals surface area contributed by atoms with E-state index in [0.29, 0.717) is 19.5 Å². The third kappa shape index (κ3) is 3.93. The number of para-hydroxylation sites is 1. The molecule has 0 bridgehead atoms. The molecule has 0 spiro atoms. The number of hydrogen-bond acceptors (Lipinski definition) is 3. The molecule has 3 nitrogen and oxygen atoms in total. The van der Waals surface area contributed by atoms with Crippen LogP contribution in [-0.2, 0) is 0 Å². The van der Waals surface area contributed by atoms with Gasteiger partial charge in [-0.05, 0) is 12.1 Å². The lowest BCUT2D eigenvalue weighted by atomic mass is 10.1. The summed E-state index contributed by atoms with van der Waals surface area (Å²) < 4.78 is 0. The van der Waals surface area contributed by atoms with Crippen LogP contribution in [0.2, 0.25) is 0 Å². The maximum Gasteiger partial charge on any atom is 0.164 e. The van der Waals surface area contributed by atoms with E-state index in [-0.39, 0.29) is 12.4 Å². The number of ketones is 1. The second kappa shape index (κ2) is 7.46. The molecule has 0 aliphatic carbocycles. The molecule has 0 saturated carbocycles. The highest BCUT2D eigenvalue weighted by Gasteiger charge is 2.10. The van der Waals surface area contributed by atoms with Gasteiger partial charge in [0.05, 0.1) is 6.61 Å². The fourth-order valence-corrected chi connectivity index (χ4v) is 2.13. The van der Waals surface area contributed by atoms with Crippen LogP contribution in [0.15, 0.2) is 60.7 Å². The summed E-state index contributed by atoms with van der Waals surface area (Å²) in [5, 5.41) is 9.15. The van der Waals surface area contributed by atoms with Crippen molar-refractivity contribution in [1.29, 1.82) is 0 Å². The van der Waals surface area contributed by atoms with Crippen molar-refractivity contribution in [3.63, 3.8) is 0 Å². The second-order valence-corrected chi connectivity index (χ2v) is 4.59. The molecule has 0 aliphatic rings. The molecule has 20 heavy (non-hydrogen) atoms. The van der Waals surface area contributed by atoms with Crippen LogP contribution in [0, 0.1) is 0 Å². The highest BCUT2D eigenvalue weighted by Crippen LogP contribution is 2.14. The Hall–Kier alpha value is -2.13. The zero-order chi connectivity index (χ0) is 14.2. The van der Waals surface area contributed by atoms with Gasteiger partial charge >= 0.3 is 0 Å². The van der Waals surface area contributed by atoms with E-state index in [9.17, 15) is 4.79 Å². The molecule has 1 N–H and O–H groups in total. The highest BCUT2D eigenvalue weighted by molar-refractivity contribution is 5.96. The monoisotopic (exact) mass is 269 g/mol. The van der Waals surface area contributed by atoms with Crippen molar-refractivity contribution in [2.75, 3.05) is 24.6 Å². The molecule has 0 fully saturated rings. The van der Waals surface area contributed by atoms with Crippen LogP contribution in [0.1, 0.15) is 16.8 Å². The van der Waals surface area contributed by atoms with Crippen LogP contribution in [0.4, 0.5) is 5.69 Å². The lowest BCUT2D eigenvalue weighted by Crippen LogP contribution is -2.29. The van der Waals surface area contributed by atoms with Gasteiger partial charge in [0.2, 0.25) is 0 Å². The molecule has 3 heteroatoms. The van der Waals surface area contributed by atoms with Gasteiger partial charge < -0.3 is 10.0 Å². The predicted octanol–water partition coefficient (Wildman–Crippen LogP) is 2.76. The molecule has 0 heterocycles. The number of aliphatic hydroxyl groups excluding tert-OH is 1. The number of Topliss-reactive ketones (excluding diaryl/α,β-unsaturated/α-hetero) is 1. The van der Waals surface area contributed by atoms with E-state index in [1.165, 1.54) is 0 Å². The summed E-state index contributed by atoms with van der Waals surface area (Å²) in [5.74, 6) is 0.129. The van der Waals surface area contributed by atoms with Crippen LogP contribution in [0.25, 0.3) is 0 Å². The average Bonchev–Trinajstić information content (AvgIpc) is 2.53. The minimum absolute atomic E-state index is 0.0778. The minimum atomic E-state index is 0.0778. The van der Waals surface area contributed by atoms with Crippen molar-refractivity contribution in [2.24, 2.45) is 0 Å². The van der Waals surface area contributed by atoms with Gasteiger partial charge in [0.15, 0.2) is 5.78 Å². The summed E-state index contributed by atoms with van der Waals surface area (Å²) in [5.41, 5.74) is 1.77. The molecule has 0 saturated heterocycles. The van der Waals surface area contributed by atoms with Gasteiger partial charge in [0.25, 0.3) is 0 Å². The summed E-state index contributed by atoms with van der Waals surface area (Å²) in [4.78, 5) is 14.1. The smallest absolute Gasteiger partial charge is 0.164 e. The Balaban J connectivity index is 1.98. The SMILES string of the molecule is O=C(CCN(CCO)c1ccccc1)c1ccccc1. The molecule has 0 unspecified atom stereocenters. The van der Waals surface area contributed by atoms with E-state index >= 15 is 0 Å². The lowest BCUT2D eigenvalue weighted by Gasteiger charge is -2.23. The van der Waals surface area contributed by atoms with E-state index in [1.807, 2.05) is 65.6 Å². The zero-order valence-electron chi connectivity index (χ0n) is 11.4. The number of hydrogen-bond donors (Lipinski definition) is 1. The van der Waals surface area contributed by atoms with Gasteiger partial charge in [0.1, 0.15) is 0 Å². The van der Waals surface area contributed by atoms with Gasteiger partial charge in [-0.1, -0.05) is 48.5 Å². The molecule has 0 amide bonds. The van der Waals surface area contributed by atoms with E-state index in [4.69, 9.17) is 5.11 Å². The number of carbonyl (C=O) groups excluding carboxylic acids is 1. The molecule has 0 aromatic heterocycles. The molecule has 0 aliphatic heterocycles. The average molecular weight is 269 g/mol. The van der Waals surface area contributed by atoms with E-state index in [1.54, 1.807) is 0 Å². The van der Waals surface area contributed by atoms with Crippen molar-refractivity contribution in [3.8, 4) is 0 Å². The normalized spacial score (nSPS) is 10.2. The van der Waals surface area contributed by atoms with E-state index in [2.05, 4.69) is 0 Å². The van der Waals surface area contributed by atoms with Crippen molar-refractivity contribution >= 4 is 11.5 Å². The third-order valence-corrected chi connectivity index (χ3v) is 3.20. The topological polar surface area (TPSA) is 40.5 Å². The van der Waals surface area contributed by atoms with Gasteiger partial charge in [-0.25, -0.2) is 0 Å². The molecule has 0 atom stereocenters. The lowest BCUT2D eigenvalue weighted by molar-refractivity contribution is 0.0984. The fraction of sp³-hybridized carbons (Fsp3) is 0.235. The third-order valence-electron chi connectivity index (χ3n) is 3.20. The Labute approximate surface area is 119 Å².